The average Bonchev–Trinajstić information content (AvgIpc) is 3.12. The zero-order valence-electron chi connectivity index (χ0n) is 18.5. The fourth-order valence-corrected chi connectivity index (χ4v) is 4.68. The van der Waals surface area contributed by atoms with Crippen LogP contribution in [-0.2, 0) is 9.53 Å². The number of aromatic nitrogens is 1. The summed E-state index contributed by atoms with van der Waals surface area (Å²) in [6.07, 6.45) is 5.32. The van der Waals surface area contributed by atoms with Crippen LogP contribution in [0.2, 0.25) is 0 Å². The molecule has 34 heavy (non-hydrogen) atoms. The third kappa shape index (κ3) is 4.65. The number of fused-ring (bicyclic) bond motifs is 1. The van der Waals surface area contributed by atoms with Crippen LogP contribution in [0.25, 0.3) is 12.2 Å². The Balaban J connectivity index is 1.84. The maximum atomic E-state index is 13.4. The van der Waals surface area contributed by atoms with Crippen molar-refractivity contribution in [2.75, 3.05) is 6.61 Å². The van der Waals surface area contributed by atoms with Crippen LogP contribution in [-0.4, -0.2) is 22.1 Å². The third-order valence-corrected chi connectivity index (χ3v) is 6.21. The van der Waals surface area contributed by atoms with Crippen LogP contribution >= 0.6 is 11.3 Å². The van der Waals surface area contributed by atoms with E-state index >= 15 is 0 Å². The zero-order chi connectivity index (χ0) is 24.2. The summed E-state index contributed by atoms with van der Waals surface area (Å²) in [6, 6.07) is 14.8. The van der Waals surface area contributed by atoms with Gasteiger partial charge in [-0.25, -0.2) is 9.79 Å². The first kappa shape index (κ1) is 23.1. The molecule has 8 nitrogen and oxygen atoms in total. The van der Waals surface area contributed by atoms with Gasteiger partial charge in [0.05, 0.1) is 33.4 Å². The van der Waals surface area contributed by atoms with Crippen LogP contribution in [0, 0.1) is 10.1 Å². The van der Waals surface area contributed by atoms with Crippen LogP contribution in [0.4, 0.5) is 5.69 Å². The van der Waals surface area contributed by atoms with Crippen molar-refractivity contribution in [3.63, 3.8) is 0 Å². The largest absolute Gasteiger partial charge is 0.463 e. The van der Waals surface area contributed by atoms with E-state index in [-0.39, 0.29) is 17.9 Å². The predicted octanol–water partition coefficient (Wildman–Crippen LogP) is 3.37. The van der Waals surface area contributed by atoms with Gasteiger partial charge in [0.15, 0.2) is 4.80 Å². The number of hydrogen-bond donors (Lipinski definition) is 0. The molecule has 4 rings (SSSR count). The molecule has 3 aromatic rings. The molecular weight excluding hydrogens is 454 g/mol. The van der Waals surface area contributed by atoms with Crippen LogP contribution < -0.4 is 14.9 Å². The van der Waals surface area contributed by atoms with Crippen molar-refractivity contribution in [2.45, 2.75) is 19.9 Å². The fraction of sp³-hybridized carbons (Fsp3) is 0.160. The molecule has 0 N–H and O–H groups in total. The Labute approximate surface area is 198 Å². The Morgan fingerprint density at radius 2 is 1.88 bits per heavy atom. The lowest BCUT2D eigenvalue weighted by Crippen LogP contribution is -2.38. The van der Waals surface area contributed by atoms with Crippen LogP contribution in [0.15, 0.2) is 81.7 Å². The van der Waals surface area contributed by atoms with E-state index in [4.69, 9.17) is 4.74 Å². The molecule has 1 aliphatic heterocycles. The number of non-ortho nitro benzene ring substituents is 1. The van der Waals surface area contributed by atoms with Crippen molar-refractivity contribution < 1.29 is 14.5 Å². The molecule has 0 saturated carbocycles. The quantitative estimate of drug-likeness (QED) is 0.309. The molecule has 0 bridgehead atoms. The van der Waals surface area contributed by atoms with E-state index in [0.717, 1.165) is 5.56 Å². The second-order valence-corrected chi connectivity index (χ2v) is 8.47. The van der Waals surface area contributed by atoms with Crippen molar-refractivity contribution in [3.05, 3.63) is 113 Å². The van der Waals surface area contributed by atoms with E-state index in [1.807, 2.05) is 36.4 Å². The summed E-state index contributed by atoms with van der Waals surface area (Å²) in [4.78, 5) is 41.6. The molecule has 0 saturated heterocycles. The Hall–Kier alpha value is -4.11. The Morgan fingerprint density at radius 1 is 1.18 bits per heavy atom. The van der Waals surface area contributed by atoms with Gasteiger partial charge in [-0.1, -0.05) is 53.8 Å². The topological polar surface area (TPSA) is 104 Å². The molecule has 1 atom stereocenters. The number of hydrogen-bond acceptors (Lipinski definition) is 7. The van der Waals surface area contributed by atoms with Gasteiger partial charge in [-0.15, -0.1) is 0 Å². The summed E-state index contributed by atoms with van der Waals surface area (Å²) in [5.41, 5.74) is 2.04. The molecule has 2 heterocycles. The summed E-state index contributed by atoms with van der Waals surface area (Å²) >= 11 is 1.20. The minimum absolute atomic E-state index is 0.0284. The number of esters is 1. The van der Waals surface area contributed by atoms with Gasteiger partial charge >= 0.3 is 5.97 Å². The smallest absolute Gasteiger partial charge is 0.338 e. The van der Waals surface area contributed by atoms with Crippen LogP contribution in [0.1, 0.15) is 31.0 Å². The maximum absolute atomic E-state index is 13.4. The van der Waals surface area contributed by atoms with Crippen LogP contribution in [0.3, 0.4) is 0 Å². The first-order chi connectivity index (χ1) is 16.4. The third-order valence-electron chi connectivity index (χ3n) is 5.23. The predicted molar refractivity (Wildman–Crippen MR) is 130 cm³/mol. The number of nitro benzene ring substituents is 1. The van der Waals surface area contributed by atoms with Gasteiger partial charge in [-0.05, 0) is 43.2 Å². The molecule has 0 spiro atoms. The van der Waals surface area contributed by atoms with E-state index in [0.29, 0.717) is 26.2 Å². The van der Waals surface area contributed by atoms with E-state index in [1.54, 1.807) is 38.1 Å². The number of allylic oxidation sites excluding steroid dienone is 2. The number of nitro groups is 1. The molecule has 1 aromatic heterocycles. The first-order valence-corrected chi connectivity index (χ1v) is 11.4. The van der Waals surface area contributed by atoms with Crippen molar-refractivity contribution in [2.24, 2.45) is 4.99 Å². The second-order valence-electron chi connectivity index (χ2n) is 7.46. The fourth-order valence-electron chi connectivity index (χ4n) is 3.63. The molecule has 0 fully saturated rings. The molecular formula is C25H21N3O5S. The van der Waals surface area contributed by atoms with Crippen LogP contribution in [0.5, 0.6) is 0 Å². The van der Waals surface area contributed by atoms with Gasteiger partial charge in [0.25, 0.3) is 11.2 Å². The van der Waals surface area contributed by atoms with E-state index in [9.17, 15) is 19.7 Å². The summed E-state index contributed by atoms with van der Waals surface area (Å²) in [5.74, 6) is -0.517. The molecule has 0 aliphatic carbocycles. The van der Waals surface area contributed by atoms with Crippen molar-refractivity contribution >= 4 is 35.1 Å². The molecule has 0 amide bonds. The highest BCUT2D eigenvalue weighted by molar-refractivity contribution is 7.07. The van der Waals surface area contributed by atoms with Gasteiger partial charge < -0.3 is 4.74 Å². The highest BCUT2D eigenvalue weighted by Crippen LogP contribution is 2.26. The molecule has 9 heteroatoms. The summed E-state index contributed by atoms with van der Waals surface area (Å²) in [5, 5.41) is 10.9. The number of ether oxygens (including phenoxy) is 1. The monoisotopic (exact) mass is 475 g/mol. The Kier molecular flexibility index (Phi) is 6.65. The highest BCUT2D eigenvalue weighted by Gasteiger charge is 2.30. The van der Waals surface area contributed by atoms with Crippen molar-refractivity contribution in [1.29, 1.82) is 0 Å². The highest BCUT2D eigenvalue weighted by atomic mass is 32.1. The Bertz CT molecular complexity index is 1480. The molecule has 172 valence electrons. The van der Waals surface area contributed by atoms with E-state index in [2.05, 4.69) is 4.99 Å². The van der Waals surface area contributed by atoms with Gasteiger partial charge in [0, 0.05) is 12.1 Å². The lowest BCUT2D eigenvalue weighted by molar-refractivity contribution is -0.384. The number of thiazole rings is 1. The first-order valence-electron chi connectivity index (χ1n) is 10.6. The number of nitrogens with zero attached hydrogens (tertiary/aromatic N) is 3. The van der Waals surface area contributed by atoms with E-state index in [1.165, 1.54) is 28.0 Å². The number of carbonyl (C=O) groups is 1. The van der Waals surface area contributed by atoms with Gasteiger partial charge in [-0.2, -0.15) is 0 Å². The van der Waals surface area contributed by atoms with Gasteiger partial charge in [-0.3, -0.25) is 19.5 Å². The van der Waals surface area contributed by atoms with Crippen molar-refractivity contribution in [1.82, 2.24) is 4.57 Å². The van der Waals surface area contributed by atoms with Gasteiger partial charge in [0.2, 0.25) is 0 Å². The summed E-state index contributed by atoms with van der Waals surface area (Å²) < 4.78 is 7.15. The molecule has 1 unspecified atom stereocenters. The Morgan fingerprint density at radius 3 is 2.53 bits per heavy atom. The second kappa shape index (κ2) is 9.80. The molecule has 1 aliphatic rings. The zero-order valence-corrected chi connectivity index (χ0v) is 19.3. The number of rotatable bonds is 6. The van der Waals surface area contributed by atoms with E-state index < -0.39 is 16.9 Å². The number of carbonyl (C=O) groups excluding carboxylic acids is 1. The standard InChI is InChI=1S/C25H21N3O5S/c1-3-33-24(30)22-16(2)26-25-27(20(22)14-11-17-7-5-4-6-8-17)23(29)21(34-25)15-18-9-12-19(13-10-18)28(31)32/h4-15,20H,3H2,1-2H3/b14-11+,21-15?. The summed E-state index contributed by atoms with van der Waals surface area (Å²) in [7, 11) is 0. The average molecular weight is 476 g/mol. The van der Waals surface area contributed by atoms with Crippen molar-refractivity contribution in [3.8, 4) is 0 Å². The molecule has 2 aromatic carbocycles. The minimum atomic E-state index is -0.686. The van der Waals surface area contributed by atoms with Gasteiger partial charge in [0.1, 0.15) is 0 Å². The lowest BCUT2D eigenvalue weighted by atomic mass is 10.0. The number of benzene rings is 2. The summed E-state index contributed by atoms with van der Waals surface area (Å²) in [6.45, 7) is 3.65. The lowest BCUT2D eigenvalue weighted by Gasteiger charge is -2.21. The SMILES string of the molecule is CCOC(=O)C1=C(C)N=c2sc(=Cc3ccc([N+](=O)[O-])cc3)c(=O)n2C1/C=C/c1ccccc1. The minimum Gasteiger partial charge on any atom is -0.463 e. The molecule has 0 radical (unpaired) electrons. The maximum Gasteiger partial charge on any atom is 0.338 e. The normalized spacial score (nSPS) is 15.8.